The minimum Gasteiger partial charge on any atom is -0.493 e. The molecule has 2 nitrogen and oxygen atoms in total. The molecule has 0 unspecified atom stereocenters. The zero-order valence-electron chi connectivity index (χ0n) is 27.7. The van der Waals surface area contributed by atoms with Crippen LogP contribution in [0, 0.1) is 37.5 Å². The van der Waals surface area contributed by atoms with Gasteiger partial charge in [0.15, 0.2) is 0 Å². The molecule has 2 aromatic carbocycles. The molecule has 42 heavy (non-hydrogen) atoms. The summed E-state index contributed by atoms with van der Waals surface area (Å²) in [4.78, 5) is 0. The van der Waals surface area contributed by atoms with E-state index in [4.69, 9.17) is 9.47 Å². The summed E-state index contributed by atoms with van der Waals surface area (Å²) in [7, 11) is 0. The predicted octanol–water partition coefficient (Wildman–Crippen LogP) is 12.3. The van der Waals surface area contributed by atoms with Crippen molar-refractivity contribution in [3.8, 4) is 22.6 Å². The second-order valence-corrected chi connectivity index (χ2v) is 14.1. The van der Waals surface area contributed by atoms with E-state index >= 15 is 0 Å². The summed E-state index contributed by atoms with van der Waals surface area (Å²) >= 11 is 0. The number of hydrogen-bond donors (Lipinski definition) is 0. The van der Waals surface area contributed by atoms with E-state index in [1.165, 1.54) is 138 Å². The van der Waals surface area contributed by atoms with Gasteiger partial charge in [-0.25, -0.2) is 0 Å². The highest BCUT2D eigenvalue weighted by Crippen LogP contribution is 2.35. The Kier molecular flexibility index (Phi) is 14.1. The monoisotopic (exact) mass is 574 g/mol. The molecule has 4 rings (SSSR count). The van der Waals surface area contributed by atoms with Gasteiger partial charge >= 0.3 is 0 Å². The van der Waals surface area contributed by atoms with Gasteiger partial charge in [-0.1, -0.05) is 116 Å². The molecule has 2 aromatic rings. The Morgan fingerprint density at radius 2 is 1.14 bits per heavy atom. The number of ether oxygens (including phenoxy) is 2. The van der Waals surface area contributed by atoms with Crippen molar-refractivity contribution >= 4 is 0 Å². The van der Waals surface area contributed by atoms with Gasteiger partial charge in [0.1, 0.15) is 11.5 Å². The Bertz CT molecular complexity index is 1030. The maximum Gasteiger partial charge on any atom is 0.122 e. The Morgan fingerprint density at radius 3 is 1.76 bits per heavy atom. The first-order chi connectivity index (χ1) is 20.6. The third kappa shape index (κ3) is 10.6. The summed E-state index contributed by atoms with van der Waals surface area (Å²) in [6.07, 6.45) is 25.1. The quantitative estimate of drug-likeness (QED) is 0.175. The lowest BCUT2D eigenvalue weighted by atomic mass is 9.80. The Balaban J connectivity index is 1.16. The summed E-state index contributed by atoms with van der Waals surface area (Å²) < 4.78 is 12.7. The third-order valence-electron chi connectivity index (χ3n) is 10.5. The number of aryl methyl sites for hydroxylation is 2. The highest BCUT2D eigenvalue weighted by Gasteiger charge is 2.22. The molecule has 0 heterocycles. The number of unbranched alkanes of at least 4 members (excludes halogenated alkanes) is 6. The zero-order valence-corrected chi connectivity index (χ0v) is 27.7. The van der Waals surface area contributed by atoms with Gasteiger partial charge in [-0.15, -0.1) is 0 Å². The topological polar surface area (TPSA) is 18.5 Å². The molecule has 0 aliphatic heterocycles. The number of hydrogen-bond acceptors (Lipinski definition) is 2. The van der Waals surface area contributed by atoms with E-state index in [1.807, 2.05) is 0 Å². The van der Waals surface area contributed by atoms with Gasteiger partial charge in [0.05, 0.1) is 13.2 Å². The minimum atomic E-state index is 0.719. The smallest absolute Gasteiger partial charge is 0.122 e. The van der Waals surface area contributed by atoms with Crippen LogP contribution < -0.4 is 9.47 Å². The van der Waals surface area contributed by atoms with E-state index < -0.39 is 0 Å². The largest absolute Gasteiger partial charge is 0.493 e. The van der Waals surface area contributed by atoms with Crippen LogP contribution in [0.25, 0.3) is 11.1 Å². The first-order valence-corrected chi connectivity index (χ1v) is 18.0. The van der Waals surface area contributed by atoms with Crippen LogP contribution >= 0.6 is 0 Å². The van der Waals surface area contributed by atoms with Crippen LogP contribution in [0.1, 0.15) is 141 Å². The average molecular weight is 575 g/mol. The van der Waals surface area contributed by atoms with E-state index in [2.05, 4.69) is 64.1 Å². The lowest BCUT2D eigenvalue weighted by Crippen LogP contribution is -2.20. The van der Waals surface area contributed by atoms with Crippen molar-refractivity contribution in [2.24, 2.45) is 23.7 Å². The van der Waals surface area contributed by atoms with Gasteiger partial charge in [0, 0.05) is 0 Å². The highest BCUT2D eigenvalue weighted by molar-refractivity contribution is 5.69. The van der Waals surface area contributed by atoms with Crippen LogP contribution in [-0.4, -0.2) is 13.2 Å². The predicted molar refractivity (Wildman–Crippen MR) is 181 cm³/mol. The van der Waals surface area contributed by atoms with E-state index in [-0.39, 0.29) is 0 Å². The van der Waals surface area contributed by atoms with Gasteiger partial charge in [0.25, 0.3) is 0 Å². The van der Waals surface area contributed by atoms with E-state index in [9.17, 15) is 0 Å². The molecule has 0 aromatic heterocycles. The SMILES string of the molecule is CCCCCCCCC[C@H]1CC[C@H](COc2ccc(-c3ccc(OC[C@H]4CC[C@H](CCC)CC4)c(C)c3)c(C)c2)CC1. The molecule has 0 N–H and O–H groups in total. The standard InChI is InChI=1S/C40H62O2/c1-5-7-8-9-10-11-12-14-34-17-21-35(22-18-34)29-41-38-24-25-39(31(3)28-38)37-23-26-40(32(4)27-37)42-30-36-19-15-33(13-6-2)16-20-36/h23-28,33-36H,5-22,29-30H2,1-4H3/t33-,34-,35-,36-. The molecule has 2 aliphatic carbocycles. The van der Waals surface area contributed by atoms with E-state index in [1.54, 1.807) is 0 Å². The number of benzene rings is 2. The van der Waals surface area contributed by atoms with Crippen molar-refractivity contribution < 1.29 is 9.47 Å². The summed E-state index contributed by atoms with van der Waals surface area (Å²) in [5.74, 6) is 5.42. The lowest BCUT2D eigenvalue weighted by Gasteiger charge is -2.28. The summed E-state index contributed by atoms with van der Waals surface area (Å²) in [5, 5.41) is 0. The molecule has 2 heteroatoms. The zero-order chi connectivity index (χ0) is 29.6. The van der Waals surface area contributed by atoms with Crippen molar-refractivity contribution in [3.05, 3.63) is 47.5 Å². The molecule has 2 saturated carbocycles. The molecular formula is C40H62O2. The van der Waals surface area contributed by atoms with Crippen LogP contribution in [0.3, 0.4) is 0 Å². The van der Waals surface area contributed by atoms with Gasteiger partial charge in [0.2, 0.25) is 0 Å². The molecule has 0 bridgehead atoms. The van der Waals surface area contributed by atoms with E-state index in [0.29, 0.717) is 0 Å². The van der Waals surface area contributed by atoms with Gasteiger partial charge in [-0.2, -0.15) is 0 Å². The van der Waals surface area contributed by atoms with Crippen molar-refractivity contribution in [3.63, 3.8) is 0 Å². The van der Waals surface area contributed by atoms with Crippen LogP contribution in [-0.2, 0) is 0 Å². The third-order valence-corrected chi connectivity index (χ3v) is 10.5. The van der Waals surface area contributed by atoms with Crippen LogP contribution in [0.4, 0.5) is 0 Å². The maximum absolute atomic E-state index is 6.33. The summed E-state index contributed by atoms with van der Waals surface area (Å²) in [6, 6.07) is 13.4. The molecular weight excluding hydrogens is 512 g/mol. The molecule has 0 saturated heterocycles. The van der Waals surface area contributed by atoms with Gasteiger partial charge < -0.3 is 9.47 Å². The first kappa shape index (κ1) is 32.9. The minimum absolute atomic E-state index is 0.719. The summed E-state index contributed by atoms with van der Waals surface area (Å²) in [5.41, 5.74) is 5.07. The molecule has 0 radical (unpaired) electrons. The molecule has 2 aliphatic rings. The second-order valence-electron chi connectivity index (χ2n) is 14.1. The number of rotatable bonds is 17. The normalized spacial score (nSPS) is 22.7. The van der Waals surface area contributed by atoms with Gasteiger partial charge in [-0.05, 0) is 110 Å². The summed E-state index contributed by atoms with van der Waals surface area (Å²) in [6.45, 7) is 10.8. The molecule has 234 valence electrons. The van der Waals surface area contributed by atoms with Gasteiger partial charge in [-0.3, -0.25) is 0 Å². The Labute approximate surface area is 259 Å². The lowest BCUT2D eigenvalue weighted by molar-refractivity contribution is 0.177. The van der Waals surface area contributed by atoms with Crippen LogP contribution in [0.5, 0.6) is 11.5 Å². The van der Waals surface area contributed by atoms with Crippen molar-refractivity contribution in [1.82, 2.24) is 0 Å². The molecule has 0 spiro atoms. The average Bonchev–Trinajstić information content (AvgIpc) is 3.00. The fourth-order valence-corrected chi connectivity index (χ4v) is 7.62. The highest BCUT2D eigenvalue weighted by atomic mass is 16.5. The van der Waals surface area contributed by atoms with Crippen molar-refractivity contribution in [2.45, 2.75) is 143 Å². The Morgan fingerprint density at radius 1 is 0.548 bits per heavy atom. The maximum atomic E-state index is 6.33. The van der Waals surface area contributed by atoms with E-state index in [0.717, 1.165) is 48.4 Å². The van der Waals surface area contributed by atoms with Crippen LogP contribution in [0.15, 0.2) is 36.4 Å². The molecule has 0 atom stereocenters. The van der Waals surface area contributed by atoms with Crippen molar-refractivity contribution in [2.75, 3.05) is 13.2 Å². The van der Waals surface area contributed by atoms with Crippen molar-refractivity contribution in [1.29, 1.82) is 0 Å². The fraction of sp³-hybridized carbons (Fsp3) is 0.700. The molecule has 0 amide bonds. The van der Waals surface area contributed by atoms with Crippen LogP contribution in [0.2, 0.25) is 0 Å². The first-order valence-electron chi connectivity index (χ1n) is 18.0. The molecule has 2 fully saturated rings. The Hall–Kier alpha value is -1.96. The fourth-order valence-electron chi connectivity index (χ4n) is 7.62. The second kappa shape index (κ2) is 18.0.